The van der Waals surface area contributed by atoms with Gasteiger partial charge in [0.1, 0.15) is 25.8 Å². The van der Waals surface area contributed by atoms with Crippen LogP contribution in [0.1, 0.15) is 24.5 Å². The van der Waals surface area contributed by atoms with E-state index in [0.717, 1.165) is 22.0 Å². The summed E-state index contributed by atoms with van der Waals surface area (Å²) in [5.41, 5.74) is 8.69. The molecular formula is C24H26N6O4S. The van der Waals surface area contributed by atoms with Gasteiger partial charge in [0.05, 0.1) is 18.5 Å². The molecule has 0 saturated carbocycles. The van der Waals surface area contributed by atoms with Gasteiger partial charge in [-0.1, -0.05) is 58.5 Å². The molecule has 1 amide bonds. The van der Waals surface area contributed by atoms with Crippen LogP contribution in [-0.2, 0) is 21.1 Å². The Morgan fingerprint density at radius 2 is 1.97 bits per heavy atom. The van der Waals surface area contributed by atoms with E-state index in [1.54, 1.807) is 37.2 Å². The van der Waals surface area contributed by atoms with Gasteiger partial charge in [0.2, 0.25) is 0 Å². The number of hydrogen-bond acceptors (Lipinski definition) is 10. The minimum Gasteiger partial charge on any atom is -0.495 e. The molecule has 0 radical (unpaired) electrons. The SMILES string of the molecule is CON=C(C(N)=O)c1ccccc1CON=CCC1=C(C)SC2N1N=CN2c1ccccc1OC. The van der Waals surface area contributed by atoms with Crippen molar-refractivity contribution in [1.29, 1.82) is 0 Å². The van der Waals surface area contributed by atoms with Crippen LogP contribution in [0.25, 0.3) is 0 Å². The lowest BCUT2D eigenvalue weighted by Gasteiger charge is -2.26. The quantitative estimate of drug-likeness (QED) is 0.397. The summed E-state index contributed by atoms with van der Waals surface area (Å²) < 4.78 is 5.52. The first-order valence-electron chi connectivity index (χ1n) is 10.8. The molecule has 4 rings (SSSR count). The first-order valence-corrected chi connectivity index (χ1v) is 11.7. The zero-order chi connectivity index (χ0) is 24.8. The first-order chi connectivity index (χ1) is 17.0. The largest absolute Gasteiger partial charge is 0.495 e. The molecule has 1 unspecified atom stereocenters. The third kappa shape index (κ3) is 5.09. The predicted octanol–water partition coefficient (Wildman–Crippen LogP) is 3.45. The van der Waals surface area contributed by atoms with Gasteiger partial charge in [-0.3, -0.25) is 9.69 Å². The highest BCUT2D eigenvalue weighted by Crippen LogP contribution is 2.45. The van der Waals surface area contributed by atoms with Crippen molar-refractivity contribution in [2.24, 2.45) is 21.1 Å². The highest BCUT2D eigenvalue weighted by Gasteiger charge is 2.39. The van der Waals surface area contributed by atoms with Crippen LogP contribution in [0.15, 0.2) is 74.5 Å². The molecule has 2 aliphatic rings. The number of carbonyl (C=O) groups is 1. The zero-order valence-electron chi connectivity index (χ0n) is 19.6. The van der Waals surface area contributed by atoms with Gasteiger partial charge >= 0.3 is 0 Å². The Hall–Kier alpha value is -3.99. The second kappa shape index (κ2) is 11.0. The average Bonchev–Trinajstić information content (AvgIpc) is 3.40. The molecule has 0 bridgehead atoms. The Labute approximate surface area is 207 Å². The lowest BCUT2D eigenvalue weighted by molar-refractivity contribution is -0.112. The van der Waals surface area contributed by atoms with Crippen LogP contribution in [0.5, 0.6) is 5.75 Å². The maximum absolute atomic E-state index is 11.7. The topological polar surface area (TPSA) is 114 Å². The fourth-order valence-electron chi connectivity index (χ4n) is 3.78. The highest BCUT2D eigenvalue weighted by atomic mass is 32.2. The number of methoxy groups -OCH3 is 1. The number of allylic oxidation sites excluding steroid dienone is 2. The molecule has 1 atom stereocenters. The molecular weight excluding hydrogens is 468 g/mol. The van der Waals surface area contributed by atoms with Crippen molar-refractivity contribution in [1.82, 2.24) is 5.01 Å². The number of amides is 1. The Bertz CT molecular complexity index is 1210. The molecule has 2 aliphatic heterocycles. The second-order valence-electron chi connectivity index (χ2n) is 7.51. The molecule has 0 saturated heterocycles. The smallest absolute Gasteiger partial charge is 0.271 e. The highest BCUT2D eigenvalue weighted by molar-refractivity contribution is 8.04. The third-order valence-electron chi connectivity index (χ3n) is 5.42. The Balaban J connectivity index is 1.38. The number of ether oxygens (including phenoxy) is 1. The number of para-hydroxylation sites is 2. The van der Waals surface area contributed by atoms with Gasteiger partial charge in [0.25, 0.3) is 5.91 Å². The molecule has 0 fully saturated rings. The summed E-state index contributed by atoms with van der Waals surface area (Å²) in [7, 11) is 3.02. The van der Waals surface area contributed by atoms with Crippen molar-refractivity contribution in [2.75, 3.05) is 19.1 Å². The summed E-state index contributed by atoms with van der Waals surface area (Å²) >= 11 is 1.72. The van der Waals surface area contributed by atoms with Crippen LogP contribution < -0.4 is 15.4 Å². The number of anilines is 1. The molecule has 2 aromatic rings. The molecule has 2 heterocycles. The van der Waals surface area contributed by atoms with Crippen LogP contribution in [0.2, 0.25) is 0 Å². The minimum absolute atomic E-state index is 0.0187. The Morgan fingerprint density at radius 1 is 1.20 bits per heavy atom. The number of hydrogen-bond donors (Lipinski definition) is 1. The third-order valence-corrected chi connectivity index (χ3v) is 6.65. The number of oxime groups is 2. The zero-order valence-corrected chi connectivity index (χ0v) is 20.4. The van der Waals surface area contributed by atoms with Crippen molar-refractivity contribution in [3.63, 3.8) is 0 Å². The van der Waals surface area contributed by atoms with Crippen LogP contribution in [0.3, 0.4) is 0 Å². The molecule has 0 aromatic heterocycles. The van der Waals surface area contributed by atoms with E-state index in [1.807, 2.05) is 47.7 Å². The van der Waals surface area contributed by atoms with Crippen LogP contribution in [0, 0.1) is 0 Å². The molecule has 0 aliphatic carbocycles. The first kappa shape index (κ1) is 24.1. The molecule has 2 N–H and O–H groups in total. The van der Waals surface area contributed by atoms with Gasteiger partial charge < -0.3 is 20.1 Å². The van der Waals surface area contributed by atoms with Gasteiger partial charge in [-0.15, -0.1) is 0 Å². The number of rotatable bonds is 10. The monoisotopic (exact) mass is 494 g/mol. The lowest BCUT2D eigenvalue weighted by atomic mass is 10.0. The van der Waals surface area contributed by atoms with Crippen LogP contribution >= 0.6 is 11.8 Å². The van der Waals surface area contributed by atoms with Crippen LogP contribution in [0.4, 0.5) is 5.69 Å². The van der Waals surface area contributed by atoms with Crippen molar-refractivity contribution < 1.29 is 19.2 Å². The molecule has 2 aromatic carbocycles. The minimum atomic E-state index is -0.688. The molecule has 0 spiro atoms. The van der Waals surface area contributed by atoms with E-state index in [-0.39, 0.29) is 17.8 Å². The fourth-order valence-corrected chi connectivity index (χ4v) is 4.97. The summed E-state index contributed by atoms with van der Waals surface area (Å²) in [4.78, 5) is 25.2. The van der Waals surface area contributed by atoms with Gasteiger partial charge in [-0.2, -0.15) is 5.10 Å². The van der Waals surface area contributed by atoms with Crippen LogP contribution in [-0.4, -0.2) is 48.9 Å². The Kier molecular flexibility index (Phi) is 7.56. The molecule has 10 nitrogen and oxygen atoms in total. The second-order valence-corrected chi connectivity index (χ2v) is 8.78. The van der Waals surface area contributed by atoms with E-state index < -0.39 is 5.91 Å². The van der Waals surface area contributed by atoms with Crippen molar-refractivity contribution in [2.45, 2.75) is 25.4 Å². The summed E-state index contributed by atoms with van der Waals surface area (Å²) in [6.07, 6.45) is 4.06. The summed E-state index contributed by atoms with van der Waals surface area (Å²) in [6.45, 7) is 2.21. The summed E-state index contributed by atoms with van der Waals surface area (Å²) in [5, 5.41) is 14.4. The van der Waals surface area contributed by atoms with E-state index in [4.69, 9.17) is 20.1 Å². The summed E-state index contributed by atoms with van der Waals surface area (Å²) in [5.74, 6) is 0.101. The van der Waals surface area contributed by atoms with Crippen molar-refractivity contribution in [3.8, 4) is 5.75 Å². The standard InChI is InChI=1S/C24H26N6O4S/c1-16-19(30-24(35-16)29(15-26-30)20-10-6-7-11-21(20)32-2)12-13-27-34-14-17-8-4-5-9-18(17)22(23(25)31)28-33-3/h4-11,13,15,24H,12,14H2,1-3H3,(H2,25,31). The predicted molar refractivity (Wildman–Crippen MR) is 137 cm³/mol. The number of hydrazone groups is 1. The van der Waals surface area contributed by atoms with Gasteiger partial charge in [-0.25, -0.2) is 5.01 Å². The Morgan fingerprint density at radius 3 is 2.74 bits per heavy atom. The maximum atomic E-state index is 11.7. The number of nitrogens with two attached hydrogens (primary N) is 1. The lowest BCUT2D eigenvalue weighted by Crippen LogP contribution is -2.33. The number of primary amides is 1. The molecule has 11 heteroatoms. The number of nitrogens with zero attached hydrogens (tertiary/aromatic N) is 5. The normalized spacial score (nSPS) is 17.3. The molecule has 182 valence electrons. The number of fused-ring (bicyclic) bond motifs is 1. The maximum Gasteiger partial charge on any atom is 0.271 e. The number of thioether (sulfide) groups is 1. The van der Waals surface area contributed by atoms with Gasteiger partial charge in [0.15, 0.2) is 11.2 Å². The van der Waals surface area contributed by atoms with Crippen molar-refractivity contribution in [3.05, 3.63) is 70.3 Å². The van der Waals surface area contributed by atoms with Gasteiger partial charge in [0, 0.05) is 28.7 Å². The van der Waals surface area contributed by atoms with E-state index in [2.05, 4.69) is 27.2 Å². The van der Waals surface area contributed by atoms with E-state index in [9.17, 15) is 4.79 Å². The van der Waals surface area contributed by atoms with Crippen molar-refractivity contribution >= 4 is 41.6 Å². The molecule has 35 heavy (non-hydrogen) atoms. The number of carbonyl (C=O) groups excluding carboxylic acids is 1. The van der Waals surface area contributed by atoms with E-state index in [1.165, 1.54) is 7.11 Å². The van der Waals surface area contributed by atoms with E-state index in [0.29, 0.717) is 17.5 Å². The van der Waals surface area contributed by atoms with E-state index >= 15 is 0 Å². The summed E-state index contributed by atoms with van der Waals surface area (Å²) in [6, 6.07) is 15.0. The number of benzene rings is 2. The fraction of sp³-hybridized carbons (Fsp3) is 0.250. The van der Waals surface area contributed by atoms with Gasteiger partial charge in [-0.05, 0) is 19.1 Å². The average molecular weight is 495 g/mol.